The normalized spacial score (nSPS) is 9.67. The third-order valence-corrected chi connectivity index (χ3v) is 2.57. The third kappa shape index (κ3) is 17.3. The topological polar surface area (TPSA) is 20.2 Å². The zero-order valence-electron chi connectivity index (χ0n) is 10.5. The van der Waals surface area contributed by atoms with Crippen molar-refractivity contribution in [2.45, 2.75) is 64.2 Å². The molecule has 1 N–H and O–H groups in total. The second-order valence-corrected chi connectivity index (χ2v) is 3.98. The van der Waals surface area contributed by atoms with Gasteiger partial charge in [-0.05, 0) is 19.3 Å². The van der Waals surface area contributed by atoms with E-state index in [1.807, 2.05) is 6.08 Å². The molecule has 0 aliphatic rings. The van der Waals surface area contributed by atoms with Gasteiger partial charge in [0.15, 0.2) is 0 Å². The van der Waals surface area contributed by atoms with E-state index < -0.39 is 0 Å². The van der Waals surface area contributed by atoms with Crippen molar-refractivity contribution >= 4 is 29.6 Å². The van der Waals surface area contributed by atoms with Gasteiger partial charge in [0.2, 0.25) is 0 Å². The van der Waals surface area contributed by atoms with Gasteiger partial charge in [-0.3, -0.25) is 0 Å². The molecule has 0 heterocycles. The van der Waals surface area contributed by atoms with Crippen molar-refractivity contribution in [3.63, 3.8) is 0 Å². The van der Waals surface area contributed by atoms with Crippen molar-refractivity contribution in [1.29, 1.82) is 0 Å². The molecule has 0 aliphatic heterocycles. The van der Waals surface area contributed by atoms with Crippen LogP contribution in [0.25, 0.3) is 0 Å². The van der Waals surface area contributed by atoms with Gasteiger partial charge in [0, 0.05) is 36.2 Å². The van der Waals surface area contributed by atoms with Crippen LogP contribution in [-0.2, 0) is 0 Å². The van der Waals surface area contributed by atoms with Crippen LogP contribution in [0, 0.1) is 0 Å². The molecule has 0 fully saturated rings. The van der Waals surface area contributed by atoms with Crippen molar-refractivity contribution in [3.05, 3.63) is 12.7 Å². The second kappa shape index (κ2) is 17.1. The second-order valence-electron chi connectivity index (χ2n) is 3.98. The average Bonchev–Trinajstić information content (AvgIpc) is 2.21. The van der Waals surface area contributed by atoms with Crippen molar-refractivity contribution in [3.8, 4) is 0 Å². The quantitative estimate of drug-likeness (QED) is 0.320. The molecule has 0 bridgehead atoms. The minimum atomic E-state index is 0. The Hall–Kier alpha value is 0.700. The van der Waals surface area contributed by atoms with Gasteiger partial charge < -0.3 is 5.11 Å². The number of hydrogen-bond acceptors (Lipinski definition) is 1. The van der Waals surface area contributed by atoms with Crippen LogP contribution in [-0.4, -0.2) is 41.3 Å². The number of aliphatic hydroxyl groups excluding tert-OH is 1. The maximum Gasteiger partial charge on any atom is 0.0431 e. The summed E-state index contributed by atoms with van der Waals surface area (Å²) in [6.45, 7) is 4.08. The van der Waals surface area contributed by atoms with Gasteiger partial charge in [0.1, 0.15) is 0 Å². The van der Waals surface area contributed by atoms with Crippen LogP contribution in [0.5, 0.6) is 0 Å². The third-order valence-electron chi connectivity index (χ3n) is 2.57. The molecule has 15 heavy (non-hydrogen) atoms. The molecule has 0 aromatic heterocycles. The van der Waals surface area contributed by atoms with Crippen LogP contribution in [0.2, 0.25) is 0 Å². The minimum absolute atomic E-state index is 0. The Kier molecular flexibility index (Phi) is 20.6. The molecule has 0 amide bonds. The molecule has 0 rings (SSSR count). The summed E-state index contributed by atoms with van der Waals surface area (Å²) in [6, 6.07) is 0. The summed E-state index contributed by atoms with van der Waals surface area (Å²) in [5.41, 5.74) is 0. The smallest absolute Gasteiger partial charge is 0.0431 e. The predicted molar refractivity (Wildman–Crippen MR) is 69.2 cm³/mol. The van der Waals surface area contributed by atoms with Gasteiger partial charge in [-0.25, -0.2) is 0 Å². The molecule has 2 heteroatoms. The molecule has 1 nitrogen and oxygen atoms in total. The molecule has 0 aliphatic carbocycles. The van der Waals surface area contributed by atoms with Gasteiger partial charge in [-0.15, -0.1) is 6.58 Å². The Bertz CT molecular complexity index is 115. The van der Waals surface area contributed by atoms with E-state index in [-0.39, 0.29) is 29.6 Å². The minimum Gasteiger partial charge on any atom is -0.396 e. The first-order chi connectivity index (χ1) is 6.91. The van der Waals surface area contributed by atoms with Gasteiger partial charge in [0.05, 0.1) is 0 Å². The average molecular weight is 221 g/mol. The molecule has 1 radical (unpaired) electrons. The van der Waals surface area contributed by atoms with Gasteiger partial charge in [-0.1, -0.05) is 51.0 Å². The zero-order chi connectivity index (χ0) is 10.5. The summed E-state index contributed by atoms with van der Waals surface area (Å²) < 4.78 is 0. The van der Waals surface area contributed by atoms with Crippen LogP contribution >= 0.6 is 0 Å². The number of unbranched alkanes of at least 4 members (excludes halogenated alkanes) is 9. The Morgan fingerprint density at radius 3 is 1.53 bits per heavy atom. The summed E-state index contributed by atoms with van der Waals surface area (Å²) in [4.78, 5) is 0. The summed E-state index contributed by atoms with van der Waals surface area (Å²) in [5, 5.41) is 8.58. The van der Waals surface area contributed by atoms with E-state index in [2.05, 4.69) is 6.58 Å². The van der Waals surface area contributed by atoms with E-state index in [9.17, 15) is 0 Å². The fraction of sp³-hybridized carbons (Fsp3) is 0.846. The molecular weight excluding hydrogens is 195 g/mol. The molecule has 0 saturated heterocycles. The van der Waals surface area contributed by atoms with Crippen molar-refractivity contribution in [2.24, 2.45) is 0 Å². The Morgan fingerprint density at radius 2 is 1.13 bits per heavy atom. The Morgan fingerprint density at radius 1 is 0.733 bits per heavy atom. The summed E-state index contributed by atoms with van der Waals surface area (Å²) in [5.74, 6) is 0. The molecule has 0 spiro atoms. The first kappa shape index (κ1) is 18.1. The zero-order valence-corrected chi connectivity index (χ0v) is 12.5. The van der Waals surface area contributed by atoms with E-state index in [1.54, 1.807) is 0 Å². The van der Waals surface area contributed by atoms with Gasteiger partial charge in [-0.2, -0.15) is 0 Å². The van der Waals surface area contributed by atoms with Crippen molar-refractivity contribution in [2.75, 3.05) is 6.61 Å². The summed E-state index contributed by atoms with van der Waals surface area (Å²) >= 11 is 0. The standard InChI is InChI=1S/C13H26O.Na/c1-2-3-4-5-6-7-8-9-10-11-12-13-14;/h2,14H,1,3-13H2;. The van der Waals surface area contributed by atoms with E-state index in [0.717, 1.165) is 6.42 Å². The Balaban J connectivity index is 0. The van der Waals surface area contributed by atoms with Crippen LogP contribution in [0.15, 0.2) is 12.7 Å². The van der Waals surface area contributed by atoms with Gasteiger partial charge in [0.25, 0.3) is 0 Å². The van der Waals surface area contributed by atoms with Crippen LogP contribution < -0.4 is 0 Å². The van der Waals surface area contributed by atoms with E-state index in [0.29, 0.717) is 6.61 Å². The molecular formula is C13H26NaO. The van der Waals surface area contributed by atoms with E-state index >= 15 is 0 Å². The maximum atomic E-state index is 8.58. The fourth-order valence-electron chi connectivity index (χ4n) is 1.64. The molecule has 0 atom stereocenters. The van der Waals surface area contributed by atoms with Crippen LogP contribution in [0.4, 0.5) is 0 Å². The number of aliphatic hydroxyl groups is 1. The maximum absolute atomic E-state index is 8.58. The SMILES string of the molecule is C=CCCCCCCCCCCCO.[Na]. The van der Waals surface area contributed by atoms with Crippen molar-refractivity contribution < 1.29 is 5.11 Å². The first-order valence-corrected chi connectivity index (χ1v) is 6.13. The monoisotopic (exact) mass is 221 g/mol. The first-order valence-electron chi connectivity index (χ1n) is 6.13. The van der Waals surface area contributed by atoms with E-state index in [1.165, 1.54) is 57.8 Å². The molecule has 0 saturated carbocycles. The van der Waals surface area contributed by atoms with Crippen LogP contribution in [0.1, 0.15) is 64.2 Å². The fourth-order valence-corrected chi connectivity index (χ4v) is 1.64. The number of rotatable bonds is 11. The summed E-state index contributed by atoms with van der Waals surface area (Å²) in [7, 11) is 0. The molecule has 0 aromatic rings. The molecule has 0 unspecified atom stereocenters. The predicted octanol–water partition coefficient (Wildman–Crippen LogP) is 3.68. The molecule has 0 aromatic carbocycles. The molecule has 85 valence electrons. The number of allylic oxidation sites excluding steroid dienone is 1. The Labute approximate surface area is 118 Å². The van der Waals surface area contributed by atoms with Crippen LogP contribution in [0.3, 0.4) is 0 Å². The summed E-state index contributed by atoms with van der Waals surface area (Å²) in [6.07, 6.45) is 14.8. The van der Waals surface area contributed by atoms with E-state index in [4.69, 9.17) is 5.11 Å². The van der Waals surface area contributed by atoms with Crippen molar-refractivity contribution in [1.82, 2.24) is 0 Å². The van der Waals surface area contributed by atoms with Gasteiger partial charge >= 0.3 is 0 Å². The number of hydrogen-bond donors (Lipinski definition) is 1. The largest absolute Gasteiger partial charge is 0.396 e.